The molecule has 3 heterocycles. The summed E-state index contributed by atoms with van der Waals surface area (Å²) in [5.74, 6) is -1.41. The summed E-state index contributed by atoms with van der Waals surface area (Å²) >= 11 is 6.57. The van der Waals surface area contributed by atoms with Gasteiger partial charge in [-0.15, -0.1) is 0 Å². The molecule has 7 atom stereocenters. The van der Waals surface area contributed by atoms with Crippen LogP contribution in [0.1, 0.15) is 53.0 Å². The molecule has 0 aromatic heterocycles. The predicted molar refractivity (Wildman–Crippen MR) is 159 cm³/mol. The fraction of sp³-hybridized carbons (Fsp3) is 0.581. The maximum Gasteiger partial charge on any atom is 0.409 e. The predicted octanol–water partition coefficient (Wildman–Crippen LogP) is 4.30. The van der Waals surface area contributed by atoms with Gasteiger partial charge in [0, 0.05) is 19.4 Å². The lowest BCUT2D eigenvalue weighted by atomic mass is 9.83. The van der Waals surface area contributed by atoms with Gasteiger partial charge < -0.3 is 34.1 Å². The monoisotopic (exact) mass is 620 g/mol. The number of halogens is 1. The van der Waals surface area contributed by atoms with Crippen LogP contribution in [-0.4, -0.2) is 73.0 Å². The number of benzene rings is 1. The van der Waals surface area contributed by atoms with Crippen molar-refractivity contribution < 1.29 is 43.2 Å². The van der Waals surface area contributed by atoms with E-state index in [9.17, 15) is 19.5 Å². The molecule has 1 aromatic carbocycles. The van der Waals surface area contributed by atoms with Gasteiger partial charge in [0.2, 0.25) is 5.91 Å². The smallest absolute Gasteiger partial charge is 0.409 e. The van der Waals surface area contributed by atoms with Gasteiger partial charge in [0.1, 0.15) is 34.7 Å². The molecule has 2 fully saturated rings. The van der Waals surface area contributed by atoms with Crippen LogP contribution < -0.4 is 15.4 Å². The first-order valence-corrected chi connectivity index (χ1v) is 14.7. The summed E-state index contributed by atoms with van der Waals surface area (Å²) in [6.07, 6.45) is 1.59. The topological polar surface area (TPSA) is 145 Å². The van der Waals surface area contributed by atoms with Gasteiger partial charge in [0.05, 0.1) is 31.2 Å². The molecule has 2 amide bonds. The molecule has 0 aliphatic carbocycles. The Kier molecular flexibility index (Phi) is 9.80. The number of aliphatic hydroxyl groups is 1. The van der Waals surface area contributed by atoms with Gasteiger partial charge in [-0.05, 0) is 38.0 Å². The molecule has 3 aliphatic rings. The second kappa shape index (κ2) is 12.9. The summed E-state index contributed by atoms with van der Waals surface area (Å²) < 4.78 is 28.6. The summed E-state index contributed by atoms with van der Waals surface area (Å²) in [5.41, 5.74) is -0.698. The van der Waals surface area contributed by atoms with Crippen LogP contribution in [-0.2, 0) is 35.0 Å². The minimum Gasteiger partial charge on any atom is -0.495 e. The number of allylic oxidation sites excluding steroid dienone is 3. The van der Waals surface area contributed by atoms with Crippen molar-refractivity contribution in [1.82, 2.24) is 5.32 Å². The molecule has 3 N–H and O–H groups in total. The highest BCUT2D eigenvalue weighted by atomic mass is 35.5. The fourth-order valence-electron chi connectivity index (χ4n) is 5.68. The largest absolute Gasteiger partial charge is 0.495 e. The molecule has 43 heavy (non-hydrogen) atoms. The lowest BCUT2D eigenvalue weighted by Gasteiger charge is -2.42. The van der Waals surface area contributed by atoms with E-state index in [4.69, 9.17) is 35.3 Å². The normalized spacial score (nSPS) is 34.9. The average Bonchev–Trinajstić information content (AvgIpc) is 3.63. The number of hydrogen-bond donors (Lipinski definition) is 3. The first-order chi connectivity index (χ1) is 20.2. The molecular weight excluding hydrogens is 580 g/mol. The standard InChI is InChI=1S/C31H41ClN2O9/c1-16(2)28(36)42-24-14-25(35)33-20-12-19(13-21(39-6)26(20)32)11-17(3)9-8-10-23(40-7)31(38)15-22(41-29(37)34-31)18(4)27-30(24,5)43-27/h8-10,12-13,16,18,22-24,27,38H,11,14-15H2,1-7H3,(H,33,35)(H,34,37)/b10-8+,17-9+/t18-,22?,23+,24+,27?,30+,31+/m0/s1. The number of carbonyl (C=O) groups is 3. The lowest BCUT2D eigenvalue weighted by Crippen LogP contribution is -2.63. The van der Waals surface area contributed by atoms with E-state index >= 15 is 0 Å². The minimum absolute atomic E-state index is 0.00243. The Morgan fingerprint density at radius 3 is 2.60 bits per heavy atom. The molecule has 0 saturated carbocycles. The van der Waals surface area contributed by atoms with Crippen LogP contribution in [0, 0.1) is 11.8 Å². The van der Waals surface area contributed by atoms with Gasteiger partial charge in [-0.3, -0.25) is 14.9 Å². The van der Waals surface area contributed by atoms with Crippen molar-refractivity contribution in [3.05, 3.63) is 46.5 Å². The number of amides is 2. The number of carbonyl (C=O) groups excluding carboxylic acids is 3. The molecule has 4 bridgehead atoms. The zero-order chi connectivity index (χ0) is 31.7. The highest BCUT2D eigenvalue weighted by molar-refractivity contribution is 6.35. The van der Waals surface area contributed by atoms with Crippen molar-refractivity contribution >= 4 is 35.3 Å². The van der Waals surface area contributed by atoms with Crippen LogP contribution >= 0.6 is 11.6 Å². The van der Waals surface area contributed by atoms with Crippen LogP contribution in [0.4, 0.5) is 10.5 Å². The van der Waals surface area contributed by atoms with Crippen molar-refractivity contribution in [3.8, 4) is 5.75 Å². The molecule has 12 heteroatoms. The minimum atomic E-state index is -1.77. The van der Waals surface area contributed by atoms with E-state index in [0.29, 0.717) is 17.9 Å². The van der Waals surface area contributed by atoms with Crippen molar-refractivity contribution in [2.45, 2.75) is 89.6 Å². The van der Waals surface area contributed by atoms with E-state index in [0.717, 1.165) is 11.1 Å². The molecule has 2 unspecified atom stereocenters. The zero-order valence-electron chi connectivity index (χ0n) is 25.6. The van der Waals surface area contributed by atoms with Crippen molar-refractivity contribution in [1.29, 1.82) is 0 Å². The number of methoxy groups -OCH3 is 2. The highest BCUT2D eigenvalue weighted by Crippen LogP contribution is 2.49. The number of nitrogens with one attached hydrogen (secondary N) is 2. The van der Waals surface area contributed by atoms with Gasteiger partial charge in [-0.1, -0.05) is 56.2 Å². The van der Waals surface area contributed by atoms with Crippen LogP contribution in [0.3, 0.4) is 0 Å². The van der Waals surface area contributed by atoms with E-state index in [2.05, 4.69) is 10.6 Å². The van der Waals surface area contributed by atoms with E-state index in [1.54, 1.807) is 45.1 Å². The average molecular weight is 621 g/mol. The van der Waals surface area contributed by atoms with Gasteiger partial charge in [0.25, 0.3) is 0 Å². The molecule has 2 saturated heterocycles. The maximum atomic E-state index is 13.4. The number of hydrogen-bond acceptors (Lipinski definition) is 9. The molecule has 11 nitrogen and oxygen atoms in total. The number of fused-ring (bicyclic) bond motifs is 5. The Labute approximate surface area is 256 Å². The van der Waals surface area contributed by atoms with Gasteiger partial charge in [-0.2, -0.15) is 0 Å². The Hall–Kier alpha value is -3.12. The SMILES string of the molecule is COc1cc2cc(c1Cl)NC(=O)C[C@@H](OC(=O)C(C)C)[C@@]1(C)OC1[C@@H](C)C1C[C@](O)(NC(=O)O1)[C@H](OC)/C=C/C=C(\C)C2. The fourth-order valence-corrected chi connectivity index (χ4v) is 5.92. The van der Waals surface area contributed by atoms with Gasteiger partial charge in [-0.25, -0.2) is 4.79 Å². The van der Waals surface area contributed by atoms with Crippen LogP contribution in [0.2, 0.25) is 5.02 Å². The van der Waals surface area contributed by atoms with Gasteiger partial charge in [0.15, 0.2) is 5.72 Å². The van der Waals surface area contributed by atoms with Crippen LogP contribution in [0.25, 0.3) is 0 Å². The summed E-state index contributed by atoms with van der Waals surface area (Å²) in [7, 11) is 2.94. The summed E-state index contributed by atoms with van der Waals surface area (Å²) in [5, 5.41) is 17.2. The van der Waals surface area contributed by atoms with Gasteiger partial charge >= 0.3 is 12.1 Å². The molecule has 3 aliphatic heterocycles. The zero-order valence-corrected chi connectivity index (χ0v) is 26.3. The number of ether oxygens (including phenoxy) is 5. The summed E-state index contributed by atoms with van der Waals surface area (Å²) in [6, 6.07) is 3.56. The Bertz CT molecular complexity index is 1310. The number of rotatable bonds is 4. The highest BCUT2D eigenvalue weighted by Gasteiger charge is 2.64. The van der Waals surface area contributed by atoms with Crippen LogP contribution in [0.15, 0.2) is 35.9 Å². The Morgan fingerprint density at radius 1 is 1.23 bits per heavy atom. The quantitative estimate of drug-likeness (QED) is 0.331. The molecule has 0 radical (unpaired) electrons. The number of alkyl carbamates (subject to hydrolysis) is 1. The Morgan fingerprint density at radius 2 is 1.95 bits per heavy atom. The van der Waals surface area contributed by atoms with E-state index in [1.807, 2.05) is 19.9 Å². The molecule has 4 rings (SSSR count). The maximum absolute atomic E-state index is 13.4. The molecule has 236 valence electrons. The number of anilines is 1. The summed E-state index contributed by atoms with van der Waals surface area (Å²) in [4.78, 5) is 38.8. The molecule has 0 spiro atoms. The third kappa shape index (κ3) is 7.17. The first-order valence-electron chi connectivity index (χ1n) is 14.3. The number of epoxide rings is 1. The van der Waals surface area contributed by atoms with Crippen molar-refractivity contribution in [2.75, 3.05) is 19.5 Å². The Balaban J connectivity index is 1.76. The van der Waals surface area contributed by atoms with Crippen molar-refractivity contribution in [2.24, 2.45) is 11.8 Å². The van der Waals surface area contributed by atoms with E-state index < -0.39 is 65.5 Å². The number of esters is 1. The van der Waals surface area contributed by atoms with E-state index in [1.165, 1.54) is 14.2 Å². The second-order valence-electron chi connectivity index (χ2n) is 12.0. The summed E-state index contributed by atoms with van der Waals surface area (Å²) in [6.45, 7) is 8.91. The third-order valence-corrected chi connectivity index (χ3v) is 8.64. The molecular formula is C31H41ClN2O9. The first kappa shape index (κ1) is 32.8. The molecule has 1 aromatic rings. The second-order valence-corrected chi connectivity index (χ2v) is 12.4. The van der Waals surface area contributed by atoms with Crippen molar-refractivity contribution in [3.63, 3.8) is 0 Å². The lowest BCUT2D eigenvalue weighted by molar-refractivity contribution is -0.157. The third-order valence-electron chi connectivity index (χ3n) is 8.25. The van der Waals surface area contributed by atoms with E-state index in [-0.39, 0.29) is 17.9 Å². The van der Waals surface area contributed by atoms with Crippen LogP contribution in [0.5, 0.6) is 5.75 Å².